The Morgan fingerprint density at radius 2 is 2.13 bits per heavy atom. The lowest BCUT2D eigenvalue weighted by molar-refractivity contribution is 0.174. The number of hydrogen-bond donors (Lipinski definition) is 0. The van der Waals surface area contributed by atoms with Gasteiger partial charge in [0.1, 0.15) is 12.2 Å². The molecule has 0 saturated carbocycles. The Balaban J connectivity index is 1.86. The van der Waals surface area contributed by atoms with Crippen molar-refractivity contribution in [2.45, 2.75) is 12.2 Å². The first-order valence-corrected chi connectivity index (χ1v) is 5.73. The van der Waals surface area contributed by atoms with Crippen molar-refractivity contribution in [3.63, 3.8) is 0 Å². The van der Waals surface area contributed by atoms with Gasteiger partial charge in [0.25, 0.3) is 0 Å². The molecular weight excluding hydrogens is 307 g/mol. The summed E-state index contributed by atoms with van der Waals surface area (Å²) in [5, 5.41) is 0. The van der Waals surface area contributed by atoms with Gasteiger partial charge in [0, 0.05) is 3.58 Å². The maximum atomic E-state index is 5.52. The molecule has 1 aromatic carbocycles. The van der Waals surface area contributed by atoms with Crippen molar-refractivity contribution in [2.75, 3.05) is 6.79 Å². The van der Waals surface area contributed by atoms with Crippen LogP contribution in [0, 0.1) is 0 Å². The molecule has 1 fully saturated rings. The quantitative estimate of drug-likeness (QED) is 0.621. The van der Waals surface area contributed by atoms with Crippen LogP contribution in [0.2, 0.25) is 0 Å². The van der Waals surface area contributed by atoms with E-state index in [-0.39, 0.29) is 12.2 Å². The van der Waals surface area contributed by atoms with E-state index in [2.05, 4.69) is 29.2 Å². The molecule has 4 heteroatoms. The van der Waals surface area contributed by atoms with Crippen LogP contribution in [0.1, 0.15) is 11.7 Å². The standard InChI is InChI=1S/C11H9IO3/c1-6(12)10-11(15-10)7-2-3-8-9(4-7)14-5-13-8/h2-4,10-11H,1,5H2/t10-,11-/m0/s1. The Hall–Kier alpha value is -0.750. The second kappa shape index (κ2) is 3.38. The van der Waals surface area contributed by atoms with Gasteiger partial charge in [0.2, 0.25) is 6.79 Å². The molecule has 0 aromatic heterocycles. The minimum atomic E-state index is 0.142. The van der Waals surface area contributed by atoms with E-state index < -0.39 is 0 Å². The molecule has 1 saturated heterocycles. The van der Waals surface area contributed by atoms with Crippen molar-refractivity contribution in [3.05, 3.63) is 33.9 Å². The Morgan fingerprint density at radius 3 is 2.87 bits per heavy atom. The summed E-state index contributed by atoms with van der Waals surface area (Å²) in [7, 11) is 0. The fourth-order valence-electron chi connectivity index (χ4n) is 1.69. The Labute approximate surface area is 101 Å². The lowest BCUT2D eigenvalue weighted by Gasteiger charge is -1.98. The minimum Gasteiger partial charge on any atom is -0.454 e. The van der Waals surface area contributed by atoms with Gasteiger partial charge in [0.05, 0.1) is 0 Å². The summed E-state index contributed by atoms with van der Waals surface area (Å²) < 4.78 is 17.1. The summed E-state index contributed by atoms with van der Waals surface area (Å²) in [6.07, 6.45) is 0.301. The molecule has 0 bridgehead atoms. The Morgan fingerprint density at radius 1 is 1.33 bits per heavy atom. The minimum absolute atomic E-state index is 0.142. The molecule has 2 heterocycles. The fourth-order valence-corrected chi connectivity index (χ4v) is 2.17. The van der Waals surface area contributed by atoms with E-state index in [0.717, 1.165) is 20.6 Å². The lowest BCUT2D eigenvalue weighted by atomic mass is 10.1. The molecule has 0 spiro atoms. The number of hydrogen-bond acceptors (Lipinski definition) is 3. The van der Waals surface area contributed by atoms with Crippen LogP contribution in [0.5, 0.6) is 11.5 Å². The number of halogens is 1. The third kappa shape index (κ3) is 1.61. The van der Waals surface area contributed by atoms with E-state index in [9.17, 15) is 0 Å². The zero-order valence-corrected chi connectivity index (χ0v) is 10.1. The molecule has 2 atom stereocenters. The molecule has 0 aliphatic carbocycles. The Kier molecular flexibility index (Phi) is 2.14. The summed E-state index contributed by atoms with van der Waals surface area (Å²) in [5.41, 5.74) is 1.13. The number of epoxide rings is 1. The van der Waals surface area contributed by atoms with Crippen LogP contribution < -0.4 is 9.47 Å². The molecule has 0 amide bonds. The highest BCUT2D eigenvalue weighted by Gasteiger charge is 2.41. The molecule has 3 nitrogen and oxygen atoms in total. The molecule has 15 heavy (non-hydrogen) atoms. The maximum absolute atomic E-state index is 5.52. The van der Waals surface area contributed by atoms with Crippen molar-refractivity contribution < 1.29 is 14.2 Å². The second-order valence-electron chi connectivity index (χ2n) is 3.54. The third-order valence-electron chi connectivity index (χ3n) is 2.53. The highest BCUT2D eigenvalue weighted by atomic mass is 127. The van der Waals surface area contributed by atoms with Gasteiger partial charge in [-0.2, -0.15) is 0 Å². The number of benzene rings is 1. The molecule has 3 rings (SSSR count). The summed E-state index contributed by atoms with van der Waals surface area (Å²) in [6.45, 7) is 4.18. The maximum Gasteiger partial charge on any atom is 0.231 e. The first-order valence-electron chi connectivity index (χ1n) is 4.65. The number of ether oxygens (including phenoxy) is 3. The highest BCUT2D eigenvalue weighted by Crippen LogP contribution is 2.46. The van der Waals surface area contributed by atoms with Gasteiger partial charge in [-0.15, -0.1) is 0 Å². The highest BCUT2D eigenvalue weighted by molar-refractivity contribution is 14.1. The van der Waals surface area contributed by atoms with Crippen LogP contribution in [0.3, 0.4) is 0 Å². The van der Waals surface area contributed by atoms with E-state index in [1.54, 1.807) is 0 Å². The predicted octanol–water partition coefficient (Wildman–Crippen LogP) is 2.80. The molecule has 2 aliphatic heterocycles. The van der Waals surface area contributed by atoms with Gasteiger partial charge in [-0.3, -0.25) is 0 Å². The zero-order valence-electron chi connectivity index (χ0n) is 7.90. The SMILES string of the molecule is C=C(I)[C@@H]1O[C@H]1c1ccc2c(c1)OCO2. The molecule has 0 N–H and O–H groups in total. The van der Waals surface area contributed by atoms with Crippen LogP contribution in [0.4, 0.5) is 0 Å². The van der Waals surface area contributed by atoms with Crippen LogP contribution in [-0.4, -0.2) is 12.9 Å². The molecule has 78 valence electrons. The average molecular weight is 316 g/mol. The Bertz CT molecular complexity index is 430. The van der Waals surface area contributed by atoms with Crippen LogP contribution in [0.25, 0.3) is 0 Å². The van der Waals surface area contributed by atoms with Crippen molar-refractivity contribution >= 4 is 22.6 Å². The topological polar surface area (TPSA) is 31.0 Å². The van der Waals surface area contributed by atoms with E-state index in [4.69, 9.17) is 14.2 Å². The molecule has 0 unspecified atom stereocenters. The fraction of sp³-hybridized carbons (Fsp3) is 0.273. The largest absolute Gasteiger partial charge is 0.454 e. The molecule has 1 aromatic rings. The summed E-state index contributed by atoms with van der Waals surface area (Å²) >= 11 is 2.20. The first-order chi connectivity index (χ1) is 7.25. The number of rotatable bonds is 2. The van der Waals surface area contributed by atoms with Crippen molar-refractivity contribution in [3.8, 4) is 11.5 Å². The van der Waals surface area contributed by atoms with Crippen molar-refractivity contribution in [1.29, 1.82) is 0 Å². The summed E-state index contributed by atoms with van der Waals surface area (Å²) in [6, 6.07) is 5.91. The predicted molar refractivity (Wildman–Crippen MR) is 63.3 cm³/mol. The molecule has 2 aliphatic rings. The second-order valence-corrected chi connectivity index (χ2v) is 4.92. The average Bonchev–Trinajstić information content (AvgIpc) is 2.89. The monoisotopic (exact) mass is 316 g/mol. The third-order valence-corrected chi connectivity index (χ3v) is 3.14. The molecular formula is C11H9IO3. The van der Waals surface area contributed by atoms with Crippen molar-refractivity contribution in [2.24, 2.45) is 0 Å². The smallest absolute Gasteiger partial charge is 0.231 e. The van der Waals surface area contributed by atoms with E-state index in [0.29, 0.717) is 6.79 Å². The van der Waals surface area contributed by atoms with E-state index in [1.807, 2.05) is 18.2 Å². The normalized spacial score (nSPS) is 26.5. The summed E-state index contributed by atoms with van der Waals surface area (Å²) in [4.78, 5) is 0. The van der Waals surface area contributed by atoms with Gasteiger partial charge >= 0.3 is 0 Å². The van der Waals surface area contributed by atoms with Gasteiger partial charge in [-0.1, -0.05) is 12.6 Å². The van der Waals surface area contributed by atoms with Crippen LogP contribution >= 0.6 is 22.6 Å². The van der Waals surface area contributed by atoms with E-state index in [1.165, 1.54) is 0 Å². The van der Waals surface area contributed by atoms with Crippen molar-refractivity contribution in [1.82, 2.24) is 0 Å². The molecule has 0 radical (unpaired) electrons. The van der Waals surface area contributed by atoms with Gasteiger partial charge < -0.3 is 14.2 Å². The first kappa shape index (κ1) is 9.47. The van der Waals surface area contributed by atoms with Gasteiger partial charge in [-0.05, 0) is 40.3 Å². The van der Waals surface area contributed by atoms with E-state index >= 15 is 0 Å². The van der Waals surface area contributed by atoms with Crippen LogP contribution in [-0.2, 0) is 4.74 Å². The summed E-state index contributed by atoms with van der Waals surface area (Å²) in [5.74, 6) is 1.62. The van der Waals surface area contributed by atoms with Crippen LogP contribution in [0.15, 0.2) is 28.4 Å². The van der Waals surface area contributed by atoms with Gasteiger partial charge in [-0.25, -0.2) is 0 Å². The zero-order chi connectivity index (χ0) is 10.4. The number of fused-ring (bicyclic) bond motifs is 1. The lowest BCUT2D eigenvalue weighted by Crippen LogP contribution is -1.93. The van der Waals surface area contributed by atoms with Gasteiger partial charge in [0.15, 0.2) is 11.5 Å².